The summed E-state index contributed by atoms with van der Waals surface area (Å²) >= 11 is 11.8. The summed E-state index contributed by atoms with van der Waals surface area (Å²) in [4.78, 5) is 0. The molecule has 0 saturated carbocycles. The summed E-state index contributed by atoms with van der Waals surface area (Å²) in [5, 5.41) is 1.48. The van der Waals surface area contributed by atoms with E-state index < -0.39 is 0 Å². The Morgan fingerprint density at radius 1 is 1.21 bits per heavy atom. The molecule has 1 aromatic rings. The number of allylic oxidation sites excluding steroid dienone is 1. The fraction of sp³-hybridized carbons (Fsp3) is 0.273. The molecule has 0 aromatic heterocycles. The summed E-state index contributed by atoms with van der Waals surface area (Å²) in [5.41, 5.74) is 6.41. The monoisotopic (exact) mass is 229 g/mol. The van der Waals surface area contributed by atoms with Gasteiger partial charge < -0.3 is 5.73 Å². The van der Waals surface area contributed by atoms with E-state index in [2.05, 4.69) is 12.2 Å². The molecule has 0 amide bonds. The summed E-state index contributed by atoms with van der Waals surface area (Å²) in [6, 6.07) is 5.49. The highest BCUT2D eigenvalue weighted by Crippen LogP contribution is 2.21. The fourth-order valence-electron chi connectivity index (χ4n) is 1.12. The third-order valence-corrected chi connectivity index (χ3v) is 2.45. The van der Waals surface area contributed by atoms with E-state index in [1.54, 1.807) is 6.07 Å². The van der Waals surface area contributed by atoms with Crippen LogP contribution in [0, 0.1) is 0 Å². The van der Waals surface area contributed by atoms with E-state index in [9.17, 15) is 0 Å². The first-order valence-corrected chi connectivity index (χ1v) is 5.28. The molecule has 0 fully saturated rings. The molecule has 0 unspecified atom stereocenters. The van der Waals surface area contributed by atoms with Crippen molar-refractivity contribution in [2.75, 3.05) is 6.54 Å². The Balaban J connectivity index is 2.62. The third kappa shape index (κ3) is 3.70. The average Bonchev–Trinajstić information content (AvgIpc) is 2.18. The van der Waals surface area contributed by atoms with Gasteiger partial charge in [-0.25, -0.2) is 0 Å². The van der Waals surface area contributed by atoms with Crippen LogP contribution in [0.5, 0.6) is 0 Å². The van der Waals surface area contributed by atoms with E-state index in [1.807, 2.05) is 12.1 Å². The van der Waals surface area contributed by atoms with Gasteiger partial charge in [0.2, 0.25) is 0 Å². The molecule has 1 nitrogen and oxygen atoms in total. The lowest BCUT2D eigenvalue weighted by Crippen LogP contribution is -1.95. The van der Waals surface area contributed by atoms with Crippen molar-refractivity contribution in [2.45, 2.75) is 12.8 Å². The van der Waals surface area contributed by atoms with Crippen molar-refractivity contribution in [1.29, 1.82) is 0 Å². The molecule has 14 heavy (non-hydrogen) atoms. The zero-order valence-electron chi connectivity index (χ0n) is 7.84. The van der Waals surface area contributed by atoms with Crippen molar-refractivity contribution in [1.82, 2.24) is 0 Å². The molecule has 0 heterocycles. The van der Waals surface area contributed by atoms with Gasteiger partial charge in [0.1, 0.15) is 0 Å². The van der Waals surface area contributed by atoms with Gasteiger partial charge in [-0.3, -0.25) is 0 Å². The minimum absolute atomic E-state index is 0.680. The Bertz CT molecular complexity index is 321. The van der Waals surface area contributed by atoms with Gasteiger partial charge in [-0.15, -0.1) is 0 Å². The van der Waals surface area contributed by atoms with Gasteiger partial charge in [-0.1, -0.05) is 35.4 Å². The normalized spacial score (nSPS) is 11.1. The highest BCUT2D eigenvalue weighted by atomic mass is 35.5. The maximum absolute atomic E-state index is 5.99. The predicted molar refractivity (Wildman–Crippen MR) is 63.0 cm³/mol. The first-order valence-electron chi connectivity index (χ1n) is 4.53. The van der Waals surface area contributed by atoms with Gasteiger partial charge in [0.15, 0.2) is 0 Å². The van der Waals surface area contributed by atoms with Crippen molar-refractivity contribution >= 4 is 23.2 Å². The molecule has 1 aromatic carbocycles. The maximum Gasteiger partial charge on any atom is 0.0442 e. The van der Waals surface area contributed by atoms with Gasteiger partial charge in [0, 0.05) is 10.0 Å². The number of nitrogens with two attached hydrogens (primary N) is 1. The van der Waals surface area contributed by atoms with Crippen molar-refractivity contribution in [3.8, 4) is 0 Å². The topological polar surface area (TPSA) is 26.0 Å². The van der Waals surface area contributed by atoms with Crippen LogP contribution in [-0.2, 0) is 6.42 Å². The van der Waals surface area contributed by atoms with Crippen molar-refractivity contribution in [3.63, 3.8) is 0 Å². The Labute approximate surface area is 94.5 Å². The predicted octanol–water partition coefficient (Wildman–Crippen LogP) is 3.44. The van der Waals surface area contributed by atoms with Crippen LogP contribution in [0.3, 0.4) is 0 Å². The van der Waals surface area contributed by atoms with Crippen LogP contribution in [0.1, 0.15) is 12.0 Å². The molecular weight excluding hydrogens is 217 g/mol. The van der Waals surface area contributed by atoms with Gasteiger partial charge in [-0.05, 0) is 43.1 Å². The smallest absolute Gasteiger partial charge is 0.0442 e. The number of rotatable bonds is 4. The molecule has 0 aliphatic rings. The van der Waals surface area contributed by atoms with Gasteiger partial charge >= 0.3 is 0 Å². The van der Waals surface area contributed by atoms with E-state index in [1.165, 1.54) is 0 Å². The molecule has 76 valence electrons. The maximum atomic E-state index is 5.99. The second-order valence-electron chi connectivity index (χ2n) is 2.99. The zero-order chi connectivity index (χ0) is 10.4. The molecule has 3 heteroatoms. The van der Waals surface area contributed by atoms with Crippen LogP contribution in [-0.4, -0.2) is 6.54 Å². The molecule has 1 rings (SSSR count). The van der Waals surface area contributed by atoms with Gasteiger partial charge in [0.05, 0.1) is 0 Å². The van der Waals surface area contributed by atoms with Crippen molar-refractivity contribution in [2.24, 2.45) is 5.73 Å². The van der Waals surface area contributed by atoms with Crippen LogP contribution in [0.25, 0.3) is 0 Å². The summed E-state index contributed by atoms with van der Waals surface area (Å²) in [5.74, 6) is 0. The van der Waals surface area contributed by atoms with Crippen molar-refractivity contribution < 1.29 is 0 Å². The van der Waals surface area contributed by atoms with Crippen LogP contribution in [0.15, 0.2) is 30.4 Å². The van der Waals surface area contributed by atoms with E-state index in [4.69, 9.17) is 28.9 Å². The number of halogens is 2. The Kier molecular flexibility index (Phi) is 5.02. The summed E-state index contributed by atoms with van der Waals surface area (Å²) < 4.78 is 0. The zero-order valence-corrected chi connectivity index (χ0v) is 9.35. The molecule has 0 spiro atoms. The average molecular weight is 230 g/mol. The molecule has 0 aliphatic carbocycles. The minimum atomic E-state index is 0.680. The molecule has 0 aliphatic heterocycles. The van der Waals surface area contributed by atoms with Gasteiger partial charge in [-0.2, -0.15) is 0 Å². The largest absolute Gasteiger partial charge is 0.330 e. The Morgan fingerprint density at radius 2 is 2.00 bits per heavy atom. The van der Waals surface area contributed by atoms with Gasteiger partial charge in [0.25, 0.3) is 0 Å². The number of hydrogen-bond donors (Lipinski definition) is 1. The highest BCUT2D eigenvalue weighted by molar-refractivity contribution is 6.33. The molecule has 2 N–H and O–H groups in total. The summed E-state index contributed by atoms with van der Waals surface area (Å²) in [6.07, 6.45) is 5.82. The summed E-state index contributed by atoms with van der Waals surface area (Å²) in [7, 11) is 0. The third-order valence-electron chi connectivity index (χ3n) is 1.85. The molecule has 0 bridgehead atoms. The Morgan fingerprint density at radius 3 is 2.71 bits per heavy atom. The highest BCUT2D eigenvalue weighted by Gasteiger charge is 1.98. The quantitative estimate of drug-likeness (QED) is 0.787. The molecule has 0 radical (unpaired) electrons. The van der Waals surface area contributed by atoms with E-state index in [0.717, 1.165) is 28.5 Å². The molecule has 0 atom stereocenters. The first-order chi connectivity index (χ1) is 6.74. The number of benzene rings is 1. The SMILES string of the molecule is NCCC=CCc1cc(Cl)ccc1Cl. The first kappa shape index (κ1) is 11.6. The fourth-order valence-corrected chi connectivity index (χ4v) is 1.51. The van der Waals surface area contributed by atoms with E-state index in [0.29, 0.717) is 6.54 Å². The second kappa shape index (κ2) is 6.07. The van der Waals surface area contributed by atoms with E-state index in [-0.39, 0.29) is 0 Å². The Hall–Kier alpha value is -0.500. The van der Waals surface area contributed by atoms with Crippen LogP contribution in [0.2, 0.25) is 10.0 Å². The molecular formula is C11H13Cl2N. The lowest BCUT2D eigenvalue weighted by molar-refractivity contribution is 1.00. The standard InChI is InChI=1S/C11H13Cl2N/c12-10-5-6-11(13)9(8-10)4-2-1-3-7-14/h1-2,5-6,8H,3-4,7,14H2. The van der Waals surface area contributed by atoms with E-state index >= 15 is 0 Å². The lowest BCUT2D eigenvalue weighted by Gasteiger charge is -2.00. The van der Waals surface area contributed by atoms with Crippen LogP contribution >= 0.6 is 23.2 Å². The van der Waals surface area contributed by atoms with Crippen LogP contribution in [0.4, 0.5) is 0 Å². The molecule has 0 saturated heterocycles. The van der Waals surface area contributed by atoms with Crippen molar-refractivity contribution in [3.05, 3.63) is 46.0 Å². The number of hydrogen-bond acceptors (Lipinski definition) is 1. The van der Waals surface area contributed by atoms with Crippen LogP contribution < -0.4 is 5.73 Å². The minimum Gasteiger partial charge on any atom is -0.330 e. The lowest BCUT2D eigenvalue weighted by atomic mass is 10.1. The summed E-state index contributed by atoms with van der Waals surface area (Å²) in [6.45, 7) is 0.680. The second-order valence-corrected chi connectivity index (χ2v) is 3.83.